The van der Waals surface area contributed by atoms with Gasteiger partial charge in [-0.05, 0) is 55.7 Å². The smallest absolute Gasteiger partial charge is 0.338 e. The molecule has 0 saturated heterocycles. The molecule has 1 aromatic carbocycles. The first-order valence-electron chi connectivity index (χ1n) is 10.4. The lowest BCUT2D eigenvalue weighted by Crippen LogP contribution is -2.47. The first-order chi connectivity index (χ1) is 15.2. The van der Waals surface area contributed by atoms with Crippen molar-refractivity contribution in [2.24, 2.45) is 5.92 Å². The fourth-order valence-corrected chi connectivity index (χ4v) is 3.16. The van der Waals surface area contributed by atoms with Gasteiger partial charge in [0.15, 0.2) is 0 Å². The summed E-state index contributed by atoms with van der Waals surface area (Å²) in [7, 11) is 0. The number of hydrogen-bond donors (Lipinski definition) is 3. The highest BCUT2D eigenvalue weighted by molar-refractivity contribution is 5.98. The molecular weight excluding hydrogens is 414 g/mol. The molecule has 0 radical (unpaired) electrons. The van der Waals surface area contributed by atoms with Gasteiger partial charge >= 0.3 is 11.9 Å². The Morgan fingerprint density at radius 2 is 1.66 bits per heavy atom. The third-order valence-electron chi connectivity index (χ3n) is 4.66. The Bertz CT molecular complexity index is 922. The van der Waals surface area contributed by atoms with Gasteiger partial charge in [-0.3, -0.25) is 14.4 Å². The second kappa shape index (κ2) is 11.7. The van der Waals surface area contributed by atoms with E-state index in [4.69, 9.17) is 4.74 Å². The number of esters is 1. The quantitative estimate of drug-likeness (QED) is 0.459. The number of nitrogens with one attached hydrogen (secondary N) is 2. The van der Waals surface area contributed by atoms with Crippen LogP contribution in [0.2, 0.25) is 0 Å². The number of carbonyl (C=O) groups is 4. The van der Waals surface area contributed by atoms with Crippen molar-refractivity contribution < 1.29 is 29.0 Å². The Labute approximate surface area is 186 Å². The van der Waals surface area contributed by atoms with Gasteiger partial charge in [0.25, 0.3) is 0 Å². The zero-order valence-corrected chi connectivity index (χ0v) is 18.4. The molecule has 2 aromatic rings. The van der Waals surface area contributed by atoms with Gasteiger partial charge in [0.1, 0.15) is 12.1 Å². The molecule has 3 N–H and O–H groups in total. The van der Waals surface area contributed by atoms with Crippen LogP contribution >= 0.6 is 0 Å². The van der Waals surface area contributed by atoms with Crippen molar-refractivity contribution in [1.82, 2.24) is 9.88 Å². The first-order valence-corrected chi connectivity index (χ1v) is 10.4. The van der Waals surface area contributed by atoms with Crippen molar-refractivity contribution in [2.75, 3.05) is 11.9 Å². The summed E-state index contributed by atoms with van der Waals surface area (Å²) < 4.78 is 6.44. The molecule has 32 heavy (non-hydrogen) atoms. The molecule has 0 spiro atoms. The van der Waals surface area contributed by atoms with Crippen LogP contribution in [0.25, 0.3) is 0 Å². The average Bonchev–Trinajstić information content (AvgIpc) is 3.26. The third kappa shape index (κ3) is 7.26. The predicted molar refractivity (Wildman–Crippen MR) is 118 cm³/mol. The lowest BCUT2D eigenvalue weighted by Gasteiger charge is -2.24. The highest BCUT2D eigenvalue weighted by Gasteiger charge is 2.28. The normalized spacial score (nSPS) is 12.6. The van der Waals surface area contributed by atoms with Crippen LogP contribution in [0.5, 0.6) is 0 Å². The highest BCUT2D eigenvalue weighted by Crippen LogP contribution is 2.16. The van der Waals surface area contributed by atoms with Gasteiger partial charge in [-0.25, -0.2) is 4.79 Å². The van der Waals surface area contributed by atoms with Gasteiger partial charge in [0.2, 0.25) is 11.8 Å². The number of amides is 2. The minimum Gasteiger partial charge on any atom is -0.481 e. The molecule has 1 heterocycles. The number of hydrogen-bond acceptors (Lipinski definition) is 5. The van der Waals surface area contributed by atoms with Gasteiger partial charge in [0, 0.05) is 18.1 Å². The first kappa shape index (κ1) is 24.6. The molecule has 2 unspecified atom stereocenters. The van der Waals surface area contributed by atoms with E-state index in [9.17, 15) is 24.3 Å². The topological polar surface area (TPSA) is 127 Å². The van der Waals surface area contributed by atoms with Crippen molar-refractivity contribution in [2.45, 2.75) is 45.7 Å². The summed E-state index contributed by atoms with van der Waals surface area (Å²) in [5, 5.41) is 14.6. The van der Waals surface area contributed by atoms with Crippen LogP contribution in [0.3, 0.4) is 0 Å². The number of ether oxygens (including phenoxy) is 1. The second-order valence-corrected chi connectivity index (χ2v) is 7.72. The van der Waals surface area contributed by atoms with Gasteiger partial charge < -0.3 is 25.0 Å². The minimum absolute atomic E-state index is 0.0988. The van der Waals surface area contributed by atoms with Crippen LogP contribution < -0.4 is 10.6 Å². The van der Waals surface area contributed by atoms with Crippen molar-refractivity contribution in [3.8, 4) is 0 Å². The van der Waals surface area contributed by atoms with E-state index in [-0.39, 0.29) is 12.5 Å². The Hall–Kier alpha value is -3.62. The maximum absolute atomic E-state index is 12.9. The van der Waals surface area contributed by atoms with Crippen molar-refractivity contribution in [3.05, 3.63) is 54.4 Å². The Morgan fingerprint density at radius 1 is 1.03 bits per heavy atom. The summed E-state index contributed by atoms with van der Waals surface area (Å²) in [5.74, 6) is -2.46. The lowest BCUT2D eigenvalue weighted by atomic mass is 10.0. The van der Waals surface area contributed by atoms with Crippen LogP contribution in [0.4, 0.5) is 5.69 Å². The Kier molecular flexibility index (Phi) is 9.00. The van der Waals surface area contributed by atoms with Gasteiger partial charge in [-0.15, -0.1) is 0 Å². The highest BCUT2D eigenvalue weighted by atomic mass is 16.5. The Morgan fingerprint density at radius 3 is 2.19 bits per heavy atom. The molecule has 1 aromatic heterocycles. The maximum atomic E-state index is 12.9. The number of benzene rings is 1. The summed E-state index contributed by atoms with van der Waals surface area (Å²) in [6.07, 6.45) is 3.17. The van der Waals surface area contributed by atoms with E-state index >= 15 is 0 Å². The summed E-state index contributed by atoms with van der Waals surface area (Å²) in [5.41, 5.74) is 0.818. The number of aromatic nitrogens is 1. The zero-order valence-electron chi connectivity index (χ0n) is 18.4. The molecule has 9 nitrogen and oxygen atoms in total. The molecule has 0 aliphatic rings. The van der Waals surface area contributed by atoms with Crippen LogP contribution in [0.15, 0.2) is 48.8 Å². The molecule has 2 atom stereocenters. The van der Waals surface area contributed by atoms with Crippen LogP contribution in [-0.4, -0.2) is 46.1 Å². The monoisotopic (exact) mass is 443 g/mol. The van der Waals surface area contributed by atoms with E-state index in [1.165, 1.54) is 4.57 Å². The molecule has 0 aliphatic carbocycles. The fourth-order valence-electron chi connectivity index (χ4n) is 3.16. The van der Waals surface area contributed by atoms with Gasteiger partial charge in [-0.1, -0.05) is 13.8 Å². The number of anilines is 1. The number of aliphatic carboxylic acids is 1. The third-order valence-corrected chi connectivity index (χ3v) is 4.66. The molecule has 2 rings (SSSR count). The van der Waals surface area contributed by atoms with Crippen molar-refractivity contribution >= 4 is 29.4 Å². The van der Waals surface area contributed by atoms with E-state index in [0.717, 1.165) is 0 Å². The molecule has 0 aliphatic heterocycles. The molecule has 0 fully saturated rings. The summed E-state index contributed by atoms with van der Waals surface area (Å²) in [6.45, 7) is 5.81. The SMILES string of the molecule is CCOC(=O)c1ccc(NC(=O)C(CC(C)C)NC(=O)C(CC(=O)O)n2cccc2)cc1. The lowest BCUT2D eigenvalue weighted by molar-refractivity contribution is -0.141. The molecular formula is C23H29N3O6. The Balaban J connectivity index is 2.12. The van der Waals surface area contributed by atoms with Crippen LogP contribution in [0, 0.1) is 5.92 Å². The number of carboxylic acid groups (broad SMARTS) is 1. The zero-order chi connectivity index (χ0) is 23.7. The molecule has 172 valence electrons. The van der Waals surface area contributed by atoms with E-state index in [1.807, 2.05) is 13.8 Å². The number of carbonyl (C=O) groups excluding carboxylic acids is 3. The van der Waals surface area contributed by atoms with Crippen LogP contribution in [-0.2, 0) is 19.1 Å². The van der Waals surface area contributed by atoms with Crippen LogP contribution in [0.1, 0.15) is 50.0 Å². The van der Waals surface area contributed by atoms with E-state index in [1.54, 1.807) is 55.7 Å². The summed E-state index contributed by atoms with van der Waals surface area (Å²) in [6, 6.07) is 7.78. The standard InChI is InChI=1S/C23H29N3O6/c1-4-32-23(31)16-7-9-17(10-8-16)24-21(29)18(13-15(2)3)25-22(30)19(14-20(27)28)26-11-5-6-12-26/h5-12,15,18-19H,4,13-14H2,1-3H3,(H,24,29)(H,25,30)(H,27,28). The molecule has 0 bridgehead atoms. The van der Waals surface area contributed by atoms with E-state index in [0.29, 0.717) is 17.7 Å². The number of rotatable bonds is 11. The molecule has 0 saturated carbocycles. The minimum atomic E-state index is -1.12. The second-order valence-electron chi connectivity index (χ2n) is 7.72. The van der Waals surface area contributed by atoms with Gasteiger partial charge in [0.05, 0.1) is 18.6 Å². The number of nitrogens with zero attached hydrogens (tertiary/aromatic N) is 1. The largest absolute Gasteiger partial charge is 0.481 e. The van der Waals surface area contributed by atoms with E-state index in [2.05, 4.69) is 10.6 Å². The van der Waals surface area contributed by atoms with Crippen molar-refractivity contribution in [1.29, 1.82) is 0 Å². The van der Waals surface area contributed by atoms with Gasteiger partial charge in [-0.2, -0.15) is 0 Å². The maximum Gasteiger partial charge on any atom is 0.338 e. The summed E-state index contributed by atoms with van der Waals surface area (Å²) >= 11 is 0. The molecule has 9 heteroatoms. The fraction of sp³-hybridized carbons (Fsp3) is 0.391. The summed E-state index contributed by atoms with van der Waals surface area (Å²) in [4.78, 5) is 48.8. The van der Waals surface area contributed by atoms with E-state index < -0.39 is 42.3 Å². The number of carboxylic acids is 1. The van der Waals surface area contributed by atoms with Crippen molar-refractivity contribution in [3.63, 3.8) is 0 Å². The average molecular weight is 444 g/mol. The predicted octanol–water partition coefficient (Wildman–Crippen LogP) is 2.85. The molecule has 2 amide bonds.